The van der Waals surface area contributed by atoms with Crippen molar-refractivity contribution >= 4 is 29.1 Å². The standard InChI is InChI=1S/C20H21ClN2O4/c1-12-4-5-15(10-16(12)21)22-19(24)20(25)23-7-6-13-8-17(26-2)18(27-3)9-14(13)11-23/h4-5,8-10H,6-7,11H2,1-3H3,(H,22,24). The topological polar surface area (TPSA) is 67.9 Å². The molecule has 1 N–H and O–H groups in total. The minimum atomic E-state index is -0.682. The average molecular weight is 389 g/mol. The molecule has 0 unspecified atom stereocenters. The third-order valence-corrected chi connectivity index (χ3v) is 5.04. The van der Waals surface area contributed by atoms with Crippen LogP contribution in [0.25, 0.3) is 0 Å². The fourth-order valence-electron chi connectivity index (χ4n) is 3.06. The molecular formula is C20H21ClN2O4. The molecule has 0 aromatic heterocycles. The molecule has 0 radical (unpaired) electrons. The Morgan fingerprint density at radius 1 is 1.07 bits per heavy atom. The SMILES string of the molecule is COc1cc2c(cc1OC)CN(C(=O)C(=O)Nc1ccc(C)c(Cl)c1)CC2. The van der Waals surface area contributed by atoms with Gasteiger partial charge in [0.2, 0.25) is 0 Å². The summed E-state index contributed by atoms with van der Waals surface area (Å²) in [4.78, 5) is 26.4. The van der Waals surface area contributed by atoms with E-state index in [4.69, 9.17) is 21.1 Å². The van der Waals surface area contributed by atoms with Crippen molar-refractivity contribution in [3.63, 3.8) is 0 Å². The number of hydrogen-bond donors (Lipinski definition) is 1. The average Bonchev–Trinajstić information content (AvgIpc) is 2.68. The van der Waals surface area contributed by atoms with Crippen molar-refractivity contribution in [2.24, 2.45) is 0 Å². The molecule has 0 fully saturated rings. The van der Waals surface area contributed by atoms with Crippen LogP contribution in [0, 0.1) is 6.92 Å². The van der Waals surface area contributed by atoms with Crippen molar-refractivity contribution in [1.82, 2.24) is 4.90 Å². The zero-order chi connectivity index (χ0) is 19.6. The van der Waals surface area contributed by atoms with Crippen LogP contribution in [0.3, 0.4) is 0 Å². The van der Waals surface area contributed by atoms with Crippen LogP contribution >= 0.6 is 11.6 Å². The van der Waals surface area contributed by atoms with E-state index < -0.39 is 11.8 Å². The molecule has 0 aliphatic carbocycles. The van der Waals surface area contributed by atoms with E-state index >= 15 is 0 Å². The molecule has 0 spiro atoms. The van der Waals surface area contributed by atoms with Gasteiger partial charge in [-0.05, 0) is 54.3 Å². The van der Waals surface area contributed by atoms with Gasteiger partial charge in [0.15, 0.2) is 11.5 Å². The van der Waals surface area contributed by atoms with Crippen molar-refractivity contribution in [1.29, 1.82) is 0 Å². The molecule has 142 valence electrons. The summed E-state index contributed by atoms with van der Waals surface area (Å²) in [7, 11) is 3.15. The van der Waals surface area contributed by atoms with Gasteiger partial charge in [-0.3, -0.25) is 9.59 Å². The van der Waals surface area contributed by atoms with Gasteiger partial charge in [0.05, 0.1) is 14.2 Å². The van der Waals surface area contributed by atoms with Crippen LogP contribution in [-0.4, -0.2) is 37.5 Å². The first kappa shape index (κ1) is 19.0. The molecule has 3 rings (SSSR count). The van der Waals surface area contributed by atoms with E-state index in [9.17, 15) is 9.59 Å². The number of methoxy groups -OCH3 is 2. The second-order valence-corrected chi connectivity index (χ2v) is 6.78. The maximum Gasteiger partial charge on any atom is 0.313 e. The number of benzene rings is 2. The fraction of sp³-hybridized carbons (Fsp3) is 0.300. The highest BCUT2D eigenvalue weighted by Gasteiger charge is 2.27. The third kappa shape index (κ3) is 4.01. The van der Waals surface area contributed by atoms with Crippen LogP contribution in [0.2, 0.25) is 5.02 Å². The molecule has 6 nitrogen and oxygen atoms in total. The maximum atomic E-state index is 12.6. The number of anilines is 1. The highest BCUT2D eigenvalue weighted by Crippen LogP contribution is 2.33. The third-order valence-electron chi connectivity index (χ3n) is 4.63. The summed E-state index contributed by atoms with van der Waals surface area (Å²) >= 11 is 6.07. The molecule has 27 heavy (non-hydrogen) atoms. The van der Waals surface area contributed by atoms with E-state index in [-0.39, 0.29) is 0 Å². The zero-order valence-electron chi connectivity index (χ0n) is 15.5. The molecule has 1 aliphatic heterocycles. The van der Waals surface area contributed by atoms with Crippen molar-refractivity contribution in [3.8, 4) is 11.5 Å². The molecule has 7 heteroatoms. The largest absolute Gasteiger partial charge is 0.493 e. The number of ether oxygens (including phenoxy) is 2. The normalized spacial score (nSPS) is 13.0. The minimum absolute atomic E-state index is 0.344. The Balaban J connectivity index is 1.73. The van der Waals surface area contributed by atoms with Crippen molar-refractivity contribution < 1.29 is 19.1 Å². The monoisotopic (exact) mass is 388 g/mol. The Morgan fingerprint density at radius 2 is 1.74 bits per heavy atom. The predicted molar refractivity (Wildman–Crippen MR) is 103 cm³/mol. The van der Waals surface area contributed by atoms with E-state index in [2.05, 4.69) is 5.32 Å². The molecule has 0 bridgehead atoms. The Labute approximate surface area is 163 Å². The van der Waals surface area contributed by atoms with Gasteiger partial charge in [0, 0.05) is 23.8 Å². The van der Waals surface area contributed by atoms with E-state index in [0.717, 1.165) is 16.7 Å². The summed E-state index contributed by atoms with van der Waals surface area (Å²) in [5.74, 6) is 0.000274. The first-order chi connectivity index (χ1) is 12.9. The minimum Gasteiger partial charge on any atom is -0.493 e. The van der Waals surface area contributed by atoms with Crippen LogP contribution in [0.5, 0.6) is 11.5 Å². The number of aryl methyl sites for hydroxylation is 1. The molecule has 0 atom stereocenters. The van der Waals surface area contributed by atoms with E-state index in [1.807, 2.05) is 19.1 Å². The number of hydrogen-bond acceptors (Lipinski definition) is 4. The molecule has 1 aliphatic rings. The fourth-order valence-corrected chi connectivity index (χ4v) is 3.24. The van der Waals surface area contributed by atoms with Crippen LogP contribution in [0.15, 0.2) is 30.3 Å². The summed E-state index contributed by atoms with van der Waals surface area (Å²) in [6.07, 6.45) is 0.644. The number of carbonyl (C=O) groups excluding carboxylic acids is 2. The molecule has 0 saturated carbocycles. The lowest BCUT2D eigenvalue weighted by molar-refractivity contribution is -0.143. The quantitative estimate of drug-likeness (QED) is 0.820. The Bertz CT molecular complexity index is 898. The van der Waals surface area contributed by atoms with Crippen molar-refractivity contribution in [2.75, 3.05) is 26.1 Å². The number of rotatable bonds is 3. The maximum absolute atomic E-state index is 12.6. The van der Waals surface area contributed by atoms with Crippen LogP contribution < -0.4 is 14.8 Å². The molecule has 2 aromatic rings. The second kappa shape index (κ2) is 7.88. The molecule has 2 aromatic carbocycles. The number of amides is 2. The number of nitrogens with one attached hydrogen (secondary N) is 1. The van der Waals surface area contributed by atoms with Crippen LogP contribution in [0.1, 0.15) is 16.7 Å². The van der Waals surface area contributed by atoms with Crippen molar-refractivity contribution in [3.05, 3.63) is 52.0 Å². The summed E-state index contributed by atoms with van der Waals surface area (Å²) in [6, 6.07) is 8.91. The first-order valence-corrected chi connectivity index (χ1v) is 8.91. The van der Waals surface area contributed by atoms with Gasteiger partial charge in [-0.2, -0.15) is 0 Å². The lowest BCUT2D eigenvalue weighted by Gasteiger charge is -2.29. The summed E-state index contributed by atoms with van der Waals surface area (Å²) < 4.78 is 10.6. The second-order valence-electron chi connectivity index (χ2n) is 6.37. The summed E-state index contributed by atoms with van der Waals surface area (Å²) in [5, 5.41) is 3.15. The Hall–Kier alpha value is -2.73. The Morgan fingerprint density at radius 3 is 2.37 bits per heavy atom. The number of nitrogens with zero attached hydrogens (tertiary/aromatic N) is 1. The van der Waals surface area contributed by atoms with Gasteiger partial charge < -0.3 is 19.7 Å². The lowest BCUT2D eigenvalue weighted by atomic mass is 9.98. The number of fused-ring (bicyclic) bond motifs is 1. The lowest BCUT2D eigenvalue weighted by Crippen LogP contribution is -2.42. The number of halogens is 1. The van der Waals surface area contributed by atoms with Crippen LogP contribution in [-0.2, 0) is 22.6 Å². The van der Waals surface area contributed by atoms with Crippen molar-refractivity contribution in [2.45, 2.75) is 19.9 Å². The highest BCUT2D eigenvalue weighted by molar-refractivity contribution is 6.39. The van der Waals surface area contributed by atoms with Gasteiger partial charge in [-0.15, -0.1) is 0 Å². The van der Waals surface area contributed by atoms with Gasteiger partial charge in [0.1, 0.15) is 0 Å². The van der Waals surface area contributed by atoms with Gasteiger partial charge >= 0.3 is 11.8 Å². The zero-order valence-corrected chi connectivity index (χ0v) is 16.2. The summed E-state index contributed by atoms with van der Waals surface area (Å²) in [6.45, 7) is 2.67. The summed E-state index contributed by atoms with van der Waals surface area (Å²) in [5.41, 5.74) is 3.42. The molecule has 0 saturated heterocycles. The van der Waals surface area contributed by atoms with Gasteiger partial charge in [-0.25, -0.2) is 0 Å². The predicted octanol–water partition coefficient (Wildman–Crippen LogP) is 3.19. The highest BCUT2D eigenvalue weighted by atomic mass is 35.5. The number of carbonyl (C=O) groups is 2. The van der Waals surface area contributed by atoms with E-state index in [0.29, 0.717) is 41.7 Å². The first-order valence-electron chi connectivity index (χ1n) is 8.53. The molecule has 1 heterocycles. The molecule has 2 amide bonds. The van der Waals surface area contributed by atoms with E-state index in [1.54, 1.807) is 32.4 Å². The molecular weight excluding hydrogens is 368 g/mol. The Kier molecular flexibility index (Phi) is 5.56. The van der Waals surface area contributed by atoms with Gasteiger partial charge in [0.25, 0.3) is 0 Å². The van der Waals surface area contributed by atoms with E-state index in [1.165, 1.54) is 4.90 Å². The smallest absolute Gasteiger partial charge is 0.313 e. The van der Waals surface area contributed by atoms with Gasteiger partial charge in [-0.1, -0.05) is 17.7 Å². The van der Waals surface area contributed by atoms with Crippen LogP contribution in [0.4, 0.5) is 5.69 Å².